The van der Waals surface area contributed by atoms with Gasteiger partial charge in [-0.2, -0.15) is 0 Å². The number of aliphatic carboxylic acids is 1. The van der Waals surface area contributed by atoms with E-state index in [2.05, 4.69) is 0 Å². The SMILES string of the molecule is CCC(C(=O)O)N(CP(=O)(Cl)Cl)C(=O)SCc1ccccc1. The Morgan fingerprint density at radius 3 is 2.36 bits per heavy atom. The average Bonchev–Trinajstić information content (AvgIpc) is 2.44. The van der Waals surface area contributed by atoms with Crippen LogP contribution in [0.25, 0.3) is 0 Å². The van der Waals surface area contributed by atoms with Crippen molar-refractivity contribution in [1.82, 2.24) is 4.90 Å². The monoisotopic (exact) mass is 383 g/mol. The molecule has 0 saturated heterocycles. The summed E-state index contributed by atoms with van der Waals surface area (Å²) in [5.74, 6) is -4.41. The zero-order valence-corrected chi connectivity index (χ0v) is 15.0. The summed E-state index contributed by atoms with van der Waals surface area (Å²) in [5.41, 5.74) is 0.920. The van der Waals surface area contributed by atoms with Crippen LogP contribution in [0.2, 0.25) is 0 Å². The smallest absolute Gasteiger partial charge is 0.326 e. The maximum Gasteiger partial charge on any atom is 0.326 e. The zero-order valence-electron chi connectivity index (χ0n) is 11.8. The predicted octanol–water partition coefficient (Wildman–Crippen LogP) is 4.83. The lowest BCUT2D eigenvalue weighted by molar-refractivity contribution is -0.141. The number of carbonyl (C=O) groups is 2. The minimum Gasteiger partial charge on any atom is -0.480 e. The van der Waals surface area contributed by atoms with Gasteiger partial charge in [-0.3, -0.25) is 9.36 Å². The normalized spacial score (nSPS) is 12.7. The Labute approximate surface area is 142 Å². The van der Waals surface area contributed by atoms with Crippen molar-refractivity contribution in [3.05, 3.63) is 35.9 Å². The van der Waals surface area contributed by atoms with Crippen LogP contribution < -0.4 is 0 Å². The quantitative estimate of drug-likeness (QED) is 0.682. The number of hydrogen-bond donors (Lipinski definition) is 1. The van der Waals surface area contributed by atoms with Gasteiger partial charge >= 0.3 is 5.97 Å². The highest BCUT2D eigenvalue weighted by Gasteiger charge is 2.33. The molecule has 22 heavy (non-hydrogen) atoms. The molecule has 0 aliphatic heterocycles. The molecule has 9 heteroatoms. The van der Waals surface area contributed by atoms with Crippen LogP contribution in [0.1, 0.15) is 18.9 Å². The van der Waals surface area contributed by atoms with Crippen molar-refractivity contribution < 1.29 is 19.3 Å². The van der Waals surface area contributed by atoms with Gasteiger partial charge in [0.1, 0.15) is 12.3 Å². The summed E-state index contributed by atoms with van der Waals surface area (Å²) in [7, 11) is 0. The third-order valence-electron chi connectivity index (χ3n) is 2.80. The average molecular weight is 384 g/mol. The van der Waals surface area contributed by atoms with Gasteiger partial charge in [-0.05, 0) is 34.5 Å². The largest absolute Gasteiger partial charge is 0.480 e. The lowest BCUT2D eigenvalue weighted by Crippen LogP contribution is -2.43. The van der Waals surface area contributed by atoms with Gasteiger partial charge in [-0.1, -0.05) is 49.0 Å². The van der Waals surface area contributed by atoms with Gasteiger partial charge in [0.05, 0.1) is 0 Å². The van der Waals surface area contributed by atoms with Gasteiger partial charge < -0.3 is 10.0 Å². The molecule has 1 amide bonds. The molecular weight excluding hydrogens is 368 g/mol. The minimum atomic E-state index is -3.61. The molecule has 0 aliphatic carbocycles. The van der Waals surface area contributed by atoms with Crippen molar-refractivity contribution in [2.45, 2.75) is 25.1 Å². The first kappa shape index (κ1) is 19.4. The van der Waals surface area contributed by atoms with Crippen molar-refractivity contribution in [1.29, 1.82) is 0 Å². The molecule has 0 radical (unpaired) electrons. The summed E-state index contributed by atoms with van der Waals surface area (Å²) in [6, 6.07) is 8.14. The van der Waals surface area contributed by atoms with Crippen LogP contribution in [0.15, 0.2) is 30.3 Å². The third-order valence-corrected chi connectivity index (χ3v) is 5.04. The van der Waals surface area contributed by atoms with E-state index in [0.29, 0.717) is 5.75 Å². The van der Waals surface area contributed by atoms with Gasteiger partial charge in [0.25, 0.3) is 11.1 Å². The molecule has 122 valence electrons. The van der Waals surface area contributed by atoms with E-state index in [0.717, 1.165) is 22.2 Å². The molecule has 1 unspecified atom stereocenters. The number of carboxylic acids is 1. The number of carbonyl (C=O) groups excluding carboxylic acids is 1. The molecule has 0 bridgehead atoms. The van der Waals surface area contributed by atoms with Crippen molar-refractivity contribution in [2.75, 3.05) is 6.29 Å². The molecule has 0 saturated carbocycles. The molecule has 0 aliphatic rings. The van der Waals surface area contributed by atoms with Gasteiger partial charge in [0.2, 0.25) is 0 Å². The summed E-state index contributed by atoms with van der Waals surface area (Å²) >= 11 is 12.0. The Morgan fingerprint density at radius 1 is 1.32 bits per heavy atom. The van der Waals surface area contributed by atoms with Crippen LogP contribution in [0, 0.1) is 0 Å². The first-order valence-electron chi connectivity index (χ1n) is 6.43. The van der Waals surface area contributed by atoms with E-state index in [9.17, 15) is 19.3 Å². The molecule has 0 heterocycles. The highest BCUT2D eigenvalue weighted by atomic mass is 35.9. The van der Waals surface area contributed by atoms with Crippen molar-refractivity contribution in [3.63, 3.8) is 0 Å². The standard InChI is InChI=1S/C13H16Cl2NO4PS/c1-2-11(12(17)18)16(9-21(14,15)20)13(19)22-8-10-6-4-3-5-7-10/h3-7,11H,2,8-9H2,1H3,(H,17,18). The molecule has 5 nitrogen and oxygen atoms in total. The molecule has 0 fully saturated rings. The van der Waals surface area contributed by atoms with Crippen LogP contribution in [0.4, 0.5) is 4.79 Å². The fourth-order valence-corrected chi connectivity index (χ4v) is 4.10. The second-order valence-electron chi connectivity index (χ2n) is 4.48. The molecule has 1 N–H and O–H groups in total. The number of amides is 1. The number of nitrogens with zero attached hydrogens (tertiary/aromatic N) is 1. The molecular formula is C13H16Cl2NO4PS. The van der Waals surface area contributed by atoms with Gasteiger partial charge in [-0.15, -0.1) is 0 Å². The predicted molar refractivity (Wildman–Crippen MR) is 90.9 cm³/mol. The van der Waals surface area contributed by atoms with E-state index in [4.69, 9.17) is 22.5 Å². The Balaban J connectivity index is 2.83. The summed E-state index contributed by atoms with van der Waals surface area (Å²) in [5, 5.41) is 8.68. The third kappa shape index (κ3) is 6.61. The maximum absolute atomic E-state index is 12.3. The molecule has 0 spiro atoms. The maximum atomic E-state index is 12.3. The Bertz CT molecular complexity index is 566. The Morgan fingerprint density at radius 2 is 1.91 bits per heavy atom. The van der Waals surface area contributed by atoms with Crippen LogP contribution in [-0.4, -0.2) is 33.5 Å². The number of thioether (sulfide) groups is 1. The van der Waals surface area contributed by atoms with Crippen LogP contribution >= 0.6 is 40.1 Å². The first-order chi connectivity index (χ1) is 10.2. The molecule has 1 aromatic carbocycles. The summed E-state index contributed by atoms with van der Waals surface area (Å²) in [6.45, 7) is 1.62. The van der Waals surface area contributed by atoms with Crippen molar-refractivity contribution in [2.24, 2.45) is 0 Å². The number of carboxylic acid groups (broad SMARTS) is 1. The summed E-state index contributed by atoms with van der Waals surface area (Å²) in [4.78, 5) is 24.5. The first-order valence-corrected chi connectivity index (χ1v) is 11.1. The van der Waals surface area contributed by atoms with Crippen LogP contribution in [-0.2, 0) is 15.1 Å². The van der Waals surface area contributed by atoms with Gasteiger partial charge in [0.15, 0.2) is 0 Å². The van der Waals surface area contributed by atoms with Crippen LogP contribution in [0.3, 0.4) is 0 Å². The van der Waals surface area contributed by atoms with Crippen molar-refractivity contribution in [3.8, 4) is 0 Å². The van der Waals surface area contributed by atoms with E-state index in [-0.39, 0.29) is 6.42 Å². The number of halogens is 2. The molecule has 1 rings (SSSR count). The lowest BCUT2D eigenvalue weighted by Gasteiger charge is -2.27. The van der Waals surface area contributed by atoms with E-state index >= 15 is 0 Å². The highest BCUT2D eigenvalue weighted by Crippen LogP contribution is 2.57. The van der Waals surface area contributed by atoms with Crippen LogP contribution in [0.5, 0.6) is 0 Å². The molecule has 1 atom stereocenters. The second-order valence-corrected chi connectivity index (χ2v) is 10.6. The number of hydrogen-bond acceptors (Lipinski definition) is 4. The second kappa shape index (κ2) is 8.82. The highest BCUT2D eigenvalue weighted by molar-refractivity contribution is 8.13. The minimum absolute atomic E-state index is 0.167. The number of benzene rings is 1. The lowest BCUT2D eigenvalue weighted by atomic mass is 10.2. The van der Waals surface area contributed by atoms with E-state index in [1.165, 1.54) is 0 Å². The zero-order chi connectivity index (χ0) is 16.8. The van der Waals surface area contributed by atoms with E-state index < -0.39 is 29.4 Å². The number of rotatable bonds is 7. The Kier molecular flexibility index (Phi) is 7.77. The Hall–Kier alpha value is -0.680. The summed E-state index contributed by atoms with van der Waals surface area (Å²) < 4.78 is 11.6. The van der Waals surface area contributed by atoms with E-state index in [1.807, 2.05) is 30.3 Å². The fourth-order valence-electron chi connectivity index (χ4n) is 1.79. The van der Waals surface area contributed by atoms with Gasteiger partial charge in [0, 0.05) is 5.75 Å². The summed E-state index contributed by atoms with van der Waals surface area (Å²) in [6.07, 6.45) is -0.317. The topological polar surface area (TPSA) is 74.7 Å². The molecule has 1 aromatic rings. The van der Waals surface area contributed by atoms with Crippen molar-refractivity contribution >= 4 is 51.3 Å². The van der Waals surface area contributed by atoms with Gasteiger partial charge in [-0.25, -0.2) is 4.79 Å². The fraction of sp³-hybridized carbons (Fsp3) is 0.385. The van der Waals surface area contributed by atoms with E-state index in [1.54, 1.807) is 6.92 Å². The molecule has 0 aromatic heterocycles.